The number of halogens is 2. The van der Waals surface area contributed by atoms with Crippen LogP contribution in [0.15, 0.2) is 30.5 Å². The standard InChI is InChI=1S/C17H16Cl2N2O4/c1-9(22)11-7-14(21(3)8-11)17(24)25-10(2)16(23)20-15-12(18)5-4-6-13(15)19/h4-8,10H,1-3H3,(H,20,23)/t10-/m0/s1. The number of para-hydroxylation sites is 1. The van der Waals surface area contributed by atoms with Gasteiger partial charge in [0, 0.05) is 18.8 Å². The number of aromatic nitrogens is 1. The van der Waals surface area contributed by atoms with Gasteiger partial charge in [0.1, 0.15) is 5.69 Å². The van der Waals surface area contributed by atoms with E-state index in [2.05, 4.69) is 5.32 Å². The van der Waals surface area contributed by atoms with Crippen molar-refractivity contribution < 1.29 is 19.1 Å². The van der Waals surface area contributed by atoms with Gasteiger partial charge in [-0.2, -0.15) is 0 Å². The number of carbonyl (C=O) groups is 3. The first-order valence-corrected chi connectivity index (χ1v) is 8.09. The van der Waals surface area contributed by atoms with Crippen LogP contribution in [0.25, 0.3) is 0 Å². The normalized spacial score (nSPS) is 11.7. The molecular formula is C17H16Cl2N2O4. The molecule has 1 atom stereocenters. The number of nitrogens with one attached hydrogen (secondary N) is 1. The third kappa shape index (κ3) is 4.41. The minimum atomic E-state index is -1.09. The minimum Gasteiger partial charge on any atom is -0.448 e. The van der Waals surface area contributed by atoms with Crippen molar-refractivity contribution in [2.75, 3.05) is 5.32 Å². The molecule has 0 radical (unpaired) electrons. The van der Waals surface area contributed by atoms with Gasteiger partial charge in [0.15, 0.2) is 11.9 Å². The third-order valence-corrected chi connectivity index (χ3v) is 4.11. The molecular weight excluding hydrogens is 367 g/mol. The summed E-state index contributed by atoms with van der Waals surface area (Å²) in [6, 6.07) is 6.21. The van der Waals surface area contributed by atoms with E-state index in [9.17, 15) is 14.4 Å². The number of ketones is 1. The average molecular weight is 383 g/mol. The summed E-state index contributed by atoms with van der Waals surface area (Å²) in [6.45, 7) is 2.82. The van der Waals surface area contributed by atoms with E-state index in [1.54, 1.807) is 25.2 Å². The fourth-order valence-corrected chi connectivity index (χ4v) is 2.57. The molecule has 25 heavy (non-hydrogen) atoms. The van der Waals surface area contributed by atoms with Gasteiger partial charge in [-0.05, 0) is 32.0 Å². The van der Waals surface area contributed by atoms with Crippen LogP contribution in [0.5, 0.6) is 0 Å². The van der Waals surface area contributed by atoms with Crippen LogP contribution in [-0.4, -0.2) is 28.3 Å². The molecule has 6 nitrogen and oxygen atoms in total. The maximum Gasteiger partial charge on any atom is 0.355 e. The van der Waals surface area contributed by atoms with Gasteiger partial charge in [-0.1, -0.05) is 29.3 Å². The number of aryl methyl sites for hydroxylation is 1. The molecule has 0 saturated heterocycles. The second-order valence-electron chi connectivity index (χ2n) is 5.41. The van der Waals surface area contributed by atoms with E-state index >= 15 is 0 Å². The molecule has 132 valence electrons. The van der Waals surface area contributed by atoms with Crippen LogP contribution in [0.2, 0.25) is 10.0 Å². The van der Waals surface area contributed by atoms with Crippen LogP contribution < -0.4 is 5.32 Å². The van der Waals surface area contributed by atoms with Crippen LogP contribution in [0, 0.1) is 0 Å². The maximum absolute atomic E-state index is 12.2. The van der Waals surface area contributed by atoms with E-state index in [0.717, 1.165) is 0 Å². The number of Topliss-reactive ketones (excluding diaryl/α,β-unsaturated/α-hetero) is 1. The van der Waals surface area contributed by atoms with Gasteiger partial charge in [-0.25, -0.2) is 4.79 Å². The summed E-state index contributed by atoms with van der Waals surface area (Å²) in [4.78, 5) is 35.8. The fourth-order valence-electron chi connectivity index (χ4n) is 2.08. The largest absolute Gasteiger partial charge is 0.448 e. The van der Waals surface area contributed by atoms with Gasteiger partial charge in [-0.3, -0.25) is 9.59 Å². The van der Waals surface area contributed by atoms with Crippen molar-refractivity contribution >= 4 is 46.5 Å². The molecule has 2 aromatic rings. The zero-order valence-corrected chi connectivity index (χ0v) is 15.3. The van der Waals surface area contributed by atoms with Crippen molar-refractivity contribution in [2.45, 2.75) is 20.0 Å². The third-order valence-electron chi connectivity index (χ3n) is 3.48. The number of benzene rings is 1. The quantitative estimate of drug-likeness (QED) is 0.631. The van der Waals surface area contributed by atoms with Crippen LogP contribution in [0.1, 0.15) is 34.7 Å². The lowest BCUT2D eigenvalue weighted by Crippen LogP contribution is -2.30. The monoisotopic (exact) mass is 382 g/mol. The molecule has 0 saturated carbocycles. The van der Waals surface area contributed by atoms with Crippen LogP contribution in [0.4, 0.5) is 5.69 Å². The number of esters is 1. The number of ether oxygens (including phenoxy) is 1. The predicted molar refractivity (Wildman–Crippen MR) is 95.4 cm³/mol. The maximum atomic E-state index is 12.2. The minimum absolute atomic E-state index is 0.167. The number of anilines is 1. The summed E-state index contributed by atoms with van der Waals surface area (Å²) in [5, 5.41) is 3.07. The van der Waals surface area contributed by atoms with Crippen LogP contribution in [-0.2, 0) is 16.6 Å². The summed E-state index contributed by atoms with van der Waals surface area (Å²) in [5.41, 5.74) is 0.798. The molecule has 1 aromatic heterocycles. The van der Waals surface area contributed by atoms with Crippen molar-refractivity contribution in [3.05, 3.63) is 51.8 Å². The van der Waals surface area contributed by atoms with Crippen LogP contribution in [0.3, 0.4) is 0 Å². The lowest BCUT2D eigenvalue weighted by molar-refractivity contribution is -0.123. The van der Waals surface area contributed by atoms with E-state index in [1.165, 1.54) is 30.7 Å². The molecule has 0 aliphatic carbocycles. The molecule has 1 aromatic carbocycles. The Morgan fingerprint density at radius 3 is 2.32 bits per heavy atom. The highest BCUT2D eigenvalue weighted by Gasteiger charge is 2.23. The fraction of sp³-hybridized carbons (Fsp3) is 0.235. The van der Waals surface area contributed by atoms with Gasteiger partial charge in [0.05, 0.1) is 15.7 Å². The average Bonchev–Trinajstić information content (AvgIpc) is 2.93. The van der Waals surface area contributed by atoms with Crippen molar-refractivity contribution in [2.24, 2.45) is 7.05 Å². The lowest BCUT2D eigenvalue weighted by Gasteiger charge is -2.15. The van der Waals surface area contributed by atoms with Gasteiger partial charge in [0.25, 0.3) is 5.91 Å². The zero-order valence-electron chi connectivity index (χ0n) is 13.8. The first kappa shape index (κ1) is 19.0. The Morgan fingerprint density at radius 1 is 1.20 bits per heavy atom. The molecule has 8 heteroatoms. The summed E-state index contributed by atoms with van der Waals surface area (Å²) in [5.74, 6) is -1.47. The Morgan fingerprint density at radius 2 is 1.80 bits per heavy atom. The highest BCUT2D eigenvalue weighted by Crippen LogP contribution is 2.30. The number of hydrogen-bond acceptors (Lipinski definition) is 4. The molecule has 0 bridgehead atoms. The van der Waals surface area contributed by atoms with Crippen molar-refractivity contribution in [1.82, 2.24) is 4.57 Å². The zero-order chi connectivity index (χ0) is 18.7. The number of carbonyl (C=O) groups excluding carboxylic acids is 3. The summed E-state index contributed by atoms with van der Waals surface area (Å²) >= 11 is 12.0. The molecule has 0 fully saturated rings. The number of nitrogens with zero attached hydrogens (tertiary/aromatic N) is 1. The van der Waals surface area contributed by atoms with Gasteiger partial charge >= 0.3 is 5.97 Å². The van der Waals surface area contributed by atoms with Crippen LogP contribution >= 0.6 is 23.2 Å². The molecule has 1 N–H and O–H groups in total. The Kier molecular flexibility index (Phi) is 5.87. The summed E-state index contributed by atoms with van der Waals surface area (Å²) in [7, 11) is 1.61. The SMILES string of the molecule is CC(=O)c1cc(C(=O)O[C@@H](C)C(=O)Nc2c(Cl)cccc2Cl)n(C)c1. The first-order valence-electron chi connectivity index (χ1n) is 7.34. The molecule has 1 heterocycles. The number of rotatable bonds is 5. The first-order chi connectivity index (χ1) is 11.7. The number of hydrogen-bond donors (Lipinski definition) is 1. The molecule has 0 aliphatic rings. The summed E-state index contributed by atoms with van der Waals surface area (Å²) < 4.78 is 6.62. The topological polar surface area (TPSA) is 77.4 Å². The Bertz CT molecular complexity index is 825. The van der Waals surface area contributed by atoms with E-state index in [4.69, 9.17) is 27.9 Å². The van der Waals surface area contributed by atoms with Crippen molar-refractivity contribution in [3.63, 3.8) is 0 Å². The van der Waals surface area contributed by atoms with Gasteiger partial charge in [-0.15, -0.1) is 0 Å². The molecule has 2 rings (SSSR count). The molecule has 0 aliphatic heterocycles. The molecule has 1 amide bonds. The number of amides is 1. The Labute approximate surface area is 154 Å². The molecule has 0 spiro atoms. The lowest BCUT2D eigenvalue weighted by atomic mass is 10.2. The predicted octanol–water partition coefficient (Wildman–Crippen LogP) is 3.72. The molecule has 0 unspecified atom stereocenters. The highest BCUT2D eigenvalue weighted by atomic mass is 35.5. The van der Waals surface area contributed by atoms with Crippen molar-refractivity contribution in [3.8, 4) is 0 Å². The second-order valence-corrected chi connectivity index (χ2v) is 6.23. The van der Waals surface area contributed by atoms with E-state index < -0.39 is 18.0 Å². The second kappa shape index (κ2) is 7.72. The Hall–Kier alpha value is -2.31. The van der Waals surface area contributed by atoms with E-state index in [0.29, 0.717) is 5.56 Å². The Balaban J connectivity index is 2.08. The van der Waals surface area contributed by atoms with E-state index in [-0.39, 0.29) is 27.2 Å². The summed E-state index contributed by atoms with van der Waals surface area (Å²) in [6.07, 6.45) is 0.434. The van der Waals surface area contributed by atoms with Gasteiger partial charge in [0.2, 0.25) is 0 Å². The van der Waals surface area contributed by atoms with Crippen molar-refractivity contribution in [1.29, 1.82) is 0 Å². The van der Waals surface area contributed by atoms with Gasteiger partial charge < -0.3 is 14.6 Å². The van der Waals surface area contributed by atoms with E-state index in [1.807, 2.05) is 0 Å². The smallest absolute Gasteiger partial charge is 0.355 e. The highest BCUT2D eigenvalue weighted by molar-refractivity contribution is 6.39.